The van der Waals surface area contributed by atoms with Crippen LogP contribution in [0, 0.1) is 0 Å². The maximum atomic E-state index is 12.4. The third-order valence-electron chi connectivity index (χ3n) is 2.82. The Labute approximate surface area is 160 Å². The lowest BCUT2D eigenvalue weighted by Crippen LogP contribution is -2.58. The number of hydrogen-bond donors (Lipinski definition) is 1. The molecule has 0 bridgehead atoms. The molecule has 0 aliphatic rings. The van der Waals surface area contributed by atoms with Crippen molar-refractivity contribution in [3.8, 4) is 0 Å². The molecule has 0 aliphatic carbocycles. The number of rotatable bonds is 11. The zero-order chi connectivity index (χ0) is 20.1. The Kier molecular flexibility index (Phi) is 9.23. The van der Waals surface area contributed by atoms with Crippen LogP contribution >= 0.6 is 0 Å². The van der Waals surface area contributed by atoms with Crippen molar-refractivity contribution in [3.05, 3.63) is 11.6 Å². The Morgan fingerprint density at radius 2 is 1.28 bits per heavy atom. The van der Waals surface area contributed by atoms with Gasteiger partial charge in [0.15, 0.2) is 25.0 Å². The van der Waals surface area contributed by atoms with Gasteiger partial charge in [0.25, 0.3) is 11.9 Å². The Bertz CT molecular complexity index is 435. The van der Waals surface area contributed by atoms with Crippen LogP contribution in [0.1, 0.15) is 12.8 Å². The second-order valence-corrected chi connectivity index (χ2v) is 23.6. The number of nitrogens with two attached hydrogens (primary N) is 1. The quantitative estimate of drug-likeness (QED) is 0.241. The van der Waals surface area contributed by atoms with E-state index in [0.29, 0.717) is 5.57 Å². The SMILES string of the molecule is C[Si](C)(C)OC(O[Si](C)(C)C)(O[Si](C)(C)C)C(=CCCC[SiH3])C(N)=O. The van der Waals surface area contributed by atoms with Crippen molar-refractivity contribution in [1.82, 2.24) is 0 Å². The summed E-state index contributed by atoms with van der Waals surface area (Å²) < 4.78 is 19.3. The Balaban J connectivity index is 6.33. The number of allylic oxidation sites excluding steroid dienone is 1. The highest BCUT2D eigenvalue weighted by Gasteiger charge is 2.49. The molecule has 0 spiro atoms. The molecule has 5 nitrogen and oxygen atoms in total. The van der Waals surface area contributed by atoms with E-state index in [1.54, 1.807) is 0 Å². The number of hydrogen-bond acceptors (Lipinski definition) is 4. The van der Waals surface area contributed by atoms with Crippen molar-refractivity contribution in [2.24, 2.45) is 5.73 Å². The van der Waals surface area contributed by atoms with Crippen molar-refractivity contribution >= 4 is 41.1 Å². The molecule has 0 aromatic carbocycles. The average Bonchev–Trinajstić information content (AvgIpc) is 2.26. The van der Waals surface area contributed by atoms with E-state index in [0.717, 1.165) is 23.1 Å². The van der Waals surface area contributed by atoms with Crippen LogP contribution in [0.25, 0.3) is 0 Å². The smallest absolute Gasteiger partial charge is 0.288 e. The monoisotopic (exact) mass is 421 g/mol. The number of carbonyl (C=O) groups is 1. The van der Waals surface area contributed by atoms with E-state index >= 15 is 0 Å². The first kappa shape index (κ1) is 25.0. The highest BCUT2D eigenvalue weighted by atomic mass is 28.4. The maximum absolute atomic E-state index is 12.4. The Morgan fingerprint density at radius 3 is 1.52 bits per heavy atom. The minimum Gasteiger partial charge on any atom is -0.367 e. The Hall–Kier alpha value is -0.0425. The molecule has 1 amide bonds. The molecule has 0 aromatic heterocycles. The molecular weight excluding hydrogens is 383 g/mol. The van der Waals surface area contributed by atoms with Crippen LogP contribution in [0.3, 0.4) is 0 Å². The van der Waals surface area contributed by atoms with Gasteiger partial charge in [0.1, 0.15) is 0 Å². The van der Waals surface area contributed by atoms with Crippen LogP contribution in [0.2, 0.25) is 65.0 Å². The molecule has 0 rings (SSSR count). The van der Waals surface area contributed by atoms with Crippen LogP contribution in [0.4, 0.5) is 0 Å². The minimum atomic E-state index is -2.10. The van der Waals surface area contributed by atoms with Gasteiger partial charge < -0.3 is 19.0 Å². The summed E-state index contributed by atoms with van der Waals surface area (Å²) in [5, 5.41) is 0. The summed E-state index contributed by atoms with van der Waals surface area (Å²) >= 11 is 0. The van der Waals surface area contributed by atoms with Crippen LogP contribution in [-0.2, 0) is 18.1 Å². The lowest BCUT2D eigenvalue weighted by molar-refractivity contribution is -0.240. The Morgan fingerprint density at radius 1 is 0.920 bits per heavy atom. The topological polar surface area (TPSA) is 70.8 Å². The molecule has 0 aliphatic heterocycles. The first-order valence-corrected chi connectivity index (χ1v) is 20.8. The molecule has 0 heterocycles. The maximum Gasteiger partial charge on any atom is 0.288 e. The van der Waals surface area contributed by atoms with Gasteiger partial charge in [-0.2, -0.15) is 0 Å². The molecule has 0 saturated heterocycles. The highest BCUT2D eigenvalue weighted by molar-refractivity contribution is 6.72. The van der Waals surface area contributed by atoms with Crippen molar-refractivity contribution < 1.29 is 18.1 Å². The minimum absolute atomic E-state index is 0.329. The molecule has 0 atom stereocenters. The van der Waals surface area contributed by atoms with Crippen molar-refractivity contribution in [2.45, 2.75) is 83.8 Å². The lowest BCUT2D eigenvalue weighted by atomic mass is 10.1. The van der Waals surface area contributed by atoms with Gasteiger partial charge in [-0.25, -0.2) is 0 Å². The summed E-state index contributed by atoms with van der Waals surface area (Å²) in [6, 6.07) is 1.17. The van der Waals surface area contributed by atoms with E-state index in [1.807, 2.05) is 6.08 Å². The first-order valence-electron chi connectivity index (χ1n) is 9.12. The normalized spacial score (nSPS) is 14.8. The van der Waals surface area contributed by atoms with Gasteiger partial charge in [0.2, 0.25) is 0 Å². The fraction of sp³-hybridized carbons (Fsp3) is 0.812. The fourth-order valence-electron chi connectivity index (χ4n) is 2.26. The third-order valence-corrected chi connectivity index (χ3v) is 6.17. The average molecular weight is 422 g/mol. The summed E-state index contributed by atoms with van der Waals surface area (Å²) in [5.41, 5.74) is 6.10. The van der Waals surface area contributed by atoms with Gasteiger partial charge in [-0.3, -0.25) is 4.79 Å². The van der Waals surface area contributed by atoms with Gasteiger partial charge >= 0.3 is 0 Å². The van der Waals surface area contributed by atoms with Crippen LogP contribution in [-0.4, -0.2) is 47.1 Å². The summed E-state index contributed by atoms with van der Waals surface area (Å²) in [7, 11) is -5.14. The molecular formula is C16H39NO4Si4. The van der Waals surface area contributed by atoms with Gasteiger partial charge in [-0.05, 0) is 65.3 Å². The van der Waals surface area contributed by atoms with E-state index in [9.17, 15) is 4.79 Å². The van der Waals surface area contributed by atoms with E-state index in [2.05, 4.69) is 58.9 Å². The standard InChI is InChI=1S/C16H39NO4Si4/c1-23(2,3)19-16(20-24(4,5)6,21-25(7,8)9)14(15(17)18)12-10-11-13-22/h12H,10-11,13H2,1-9,22H3,(H2,17,18). The number of carbonyl (C=O) groups excluding carboxylic acids is 1. The predicted octanol–water partition coefficient (Wildman–Crippen LogP) is 3.17. The molecule has 0 unspecified atom stereocenters. The summed E-state index contributed by atoms with van der Waals surface area (Å²) in [6.07, 6.45) is 3.69. The summed E-state index contributed by atoms with van der Waals surface area (Å²) in [6.45, 7) is 18.6. The molecule has 148 valence electrons. The van der Waals surface area contributed by atoms with Gasteiger partial charge in [-0.1, -0.05) is 18.5 Å². The van der Waals surface area contributed by atoms with Crippen molar-refractivity contribution in [2.75, 3.05) is 0 Å². The number of amides is 1. The molecule has 0 saturated carbocycles. The van der Waals surface area contributed by atoms with E-state index in [4.69, 9.17) is 19.0 Å². The lowest BCUT2D eigenvalue weighted by Gasteiger charge is -2.45. The predicted molar refractivity (Wildman–Crippen MR) is 117 cm³/mol. The zero-order valence-electron chi connectivity index (χ0n) is 17.9. The van der Waals surface area contributed by atoms with Gasteiger partial charge in [-0.15, -0.1) is 0 Å². The molecule has 25 heavy (non-hydrogen) atoms. The molecule has 0 fully saturated rings. The zero-order valence-corrected chi connectivity index (χ0v) is 22.9. The fourth-order valence-corrected chi connectivity index (χ4v) is 5.92. The van der Waals surface area contributed by atoms with E-state index < -0.39 is 36.8 Å². The second-order valence-electron chi connectivity index (χ2n) is 9.32. The second kappa shape index (κ2) is 9.24. The third kappa shape index (κ3) is 10.6. The van der Waals surface area contributed by atoms with Crippen LogP contribution < -0.4 is 5.73 Å². The molecule has 9 heteroatoms. The number of primary amides is 1. The highest BCUT2D eigenvalue weighted by Crippen LogP contribution is 2.35. The number of unbranched alkanes of at least 4 members (excludes halogenated alkanes) is 1. The van der Waals surface area contributed by atoms with Crippen LogP contribution in [0.15, 0.2) is 11.6 Å². The molecule has 0 radical (unpaired) electrons. The largest absolute Gasteiger partial charge is 0.367 e. The van der Waals surface area contributed by atoms with Gasteiger partial charge in [0.05, 0.1) is 5.57 Å². The van der Waals surface area contributed by atoms with E-state index in [1.165, 1.54) is 6.04 Å². The first-order chi connectivity index (χ1) is 11.0. The van der Waals surface area contributed by atoms with Crippen molar-refractivity contribution in [3.63, 3.8) is 0 Å². The summed E-state index contributed by atoms with van der Waals surface area (Å²) in [5.74, 6) is -2.00. The van der Waals surface area contributed by atoms with Crippen LogP contribution in [0.5, 0.6) is 0 Å². The van der Waals surface area contributed by atoms with Crippen molar-refractivity contribution in [1.29, 1.82) is 0 Å². The molecule has 0 aromatic rings. The van der Waals surface area contributed by atoms with E-state index in [-0.39, 0.29) is 0 Å². The summed E-state index contributed by atoms with van der Waals surface area (Å²) in [4.78, 5) is 12.4. The van der Waals surface area contributed by atoms with Gasteiger partial charge in [0, 0.05) is 10.2 Å². The molecule has 2 N–H and O–H groups in total.